The van der Waals surface area contributed by atoms with Gasteiger partial charge in [-0.2, -0.15) is 0 Å². The number of oxime groups is 1. The molecule has 0 aromatic heterocycles. The van der Waals surface area contributed by atoms with Crippen molar-refractivity contribution in [2.24, 2.45) is 16.3 Å². The van der Waals surface area contributed by atoms with Crippen molar-refractivity contribution in [1.82, 2.24) is 5.32 Å². The smallest absolute Gasteiger partial charge is 0.170 e. The van der Waals surface area contributed by atoms with E-state index in [-0.39, 0.29) is 17.9 Å². The van der Waals surface area contributed by atoms with Crippen LogP contribution in [0.25, 0.3) is 0 Å². The van der Waals surface area contributed by atoms with Crippen LogP contribution >= 0.6 is 0 Å². The van der Waals surface area contributed by atoms with Gasteiger partial charge in [0.1, 0.15) is 5.82 Å². The van der Waals surface area contributed by atoms with Gasteiger partial charge in [0.15, 0.2) is 5.84 Å². The van der Waals surface area contributed by atoms with E-state index in [0.717, 1.165) is 18.4 Å². The third kappa shape index (κ3) is 4.41. The summed E-state index contributed by atoms with van der Waals surface area (Å²) in [6.45, 7) is 5.29. The number of hydrogen-bond acceptors (Lipinski definition) is 4. The summed E-state index contributed by atoms with van der Waals surface area (Å²) in [7, 11) is 0. The van der Waals surface area contributed by atoms with Gasteiger partial charge in [-0.3, -0.25) is 0 Å². The van der Waals surface area contributed by atoms with Gasteiger partial charge in [0.25, 0.3) is 0 Å². The van der Waals surface area contributed by atoms with Crippen molar-refractivity contribution in [2.75, 3.05) is 13.2 Å². The summed E-state index contributed by atoms with van der Waals surface area (Å²) in [4.78, 5) is 0. The van der Waals surface area contributed by atoms with E-state index in [1.807, 2.05) is 13.8 Å². The number of nitrogens with two attached hydrogens (primary N) is 1. The first-order chi connectivity index (χ1) is 10.0. The van der Waals surface area contributed by atoms with Crippen molar-refractivity contribution in [3.05, 3.63) is 35.1 Å². The predicted molar refractivity (Wildman–Crippen MR) is 80.7 cm³/mol. The van der Waals surface area contributed by atoms with Gasteiger partial charge in [-0.25, -0.2) is 4.39 Å². The molecule has 0 fully saturated rings. The number of nitrogens with zero attached hydrogens (tertiary/aromatic N) is 1. The molecule has 118 valence electrons. The highest BCUT2D eigenvalue weighted by Gasteiger charge is 2.24. The van der Waals surface area contributed by atoms with E-state index in [9.17, 15) is 9.50 Å². The van der Waals surface area contributed by atoms with Crippen molar-refractivity contribution in [1.29, 1.82) is 0 Å². The van der Waals surface area contributed by atoms with Crippen molar-refractivity contribution < 1.29 is 14.7 Å². The summed E-state index contributed by atoms with van der Waals surface area (Å²) in [6.07, 6.45) is 1.73. The van der Waals surface area contributed by atoms with E-state index in [4.69, 9.17) is 10.9 Å². The Balaban J connectivity index is 2.80. The number of benzene rings is 1. The van der Waals surface area contributed by atoms with Gasteiger partial charge in [-0.1, -0.05) is 25.1 Å². The maximum Gasteiger partial charge on any atom is 0.170 e. The lowest BCUT2D eigenvalue weighted by Gasteiger charge is -2.29. The molecule has 0 radical (unpaired) electrons. The van der Waals surface area contributed by atoms with Crippen molar-refractivity contribution >= 4 is 5.84 Å². The number of amidine groups is 1. The summed E-state index contributed by atoms with van der Waals surface area (Å²) in [5.74, 6) is -0.558. The highest BCUT2D eigenvalue weighted by molar-refractivity contribution is 5.98. The number of aliphatic hydroxyl groups is 1. The van der Waals surface area contributed by atoms with Crippen LogP contribution in [-0.2, 0) is 6.54 Å². The lowest BCUT2D eigenvalue weighted by atomic mass is 9.83. The van der Waals surface area contributed by atoms with E-state index in [1.54, 1.807) is 6.07 Å². The summed E-state index contributed by atoms with van der Waals surface area (Å²) >= 11 is 0. The molecule has 1 aromatic rings. The maximum absolute atomic E-state index is 13.3. The van der Waals surface area contributed by atoms with Crippen molar-refractivity contribution in [3.8, 4) is 0 Å². The van der Waals surface area contributed by atoms with Crippen molar-refractivity contribution in [3.63, 3.8) is 0 Å². The standard InChI is InChI=1S/C15H24FN3O2/c1-3-15(4-2,10-20)9-18-8-11-5-6-12(16)7-13(11)14(17)19-21/h5-7,18,20-21H,3-4,8-10H2,1-2H3,(H2,17,19). The van der Waals surface area contributed by atoms with Gasteiger partial charge in [0.05, 0.1) is 0 Å². The molecule has 1 rings (SSSR count). The van der Waals surface area contributed by atoms with Gasteiger partial charge in [0.2, 0.25) is 0 Å². The van der Waals surface area contributed by atoms with Crippen LogP contribution in [0.2, 0.25) is 0 Å². The van der Waals surface area contributed by atoms with Gasteiger partial charge in [-0.05, 0) is 30.5 Å². The molecule has 6 heteroatoms. The maximum atomic E-state index is 13.3. The summed E-state index contributed by atoms with van der Waals surface area (Å²) in [5.41, 5.74) is 6.52. The highest BCUT2D eigenvalue weighted by atomic mass is 19.1. The molecule has 5 nitrogen and oxygen atoms in total. The number of nitrogens with one attached hydrogen (secondary N) is 1. The van der Waals surface area contributed by atoms with Crippen LogP contribution in [0.1, 0.15) is 37.8 Å². The fourth-order valence-electron chi connectivity index (χ4n) is 2.24. The molecule has 21 heavy (non-hydrogen) atoms. The second-order valence-corrected chi connectivity index (χ2v) is 5.26. The van der Waals surface area contributed by atoms with Crippen LogP contribution < -0.4 is 11.1 Å². The quantitative estimate of drug-likeness (QED) is 0.255. The molecule has 5 N–H and O–H groups in total. The first-order valence-electron chi connectivity index (χ1n) is 7.09. The highest BCUT2D eigenvalue weighted by Crippen LogP contribution is 2.24. The molecular formula is C15H24FN3O2. The second-order valence-electron chi connectivity index (χ2n) is 5.26. The Labute approximate surface area is 124 Å². The summed E-state index contributed by atoms with van der Waals surface area (Å²) in [5, 5.41) is 24.5. The zero-order valence-electron chi connectivity index (χ0n) is 12.6. The third-order valence-electron chi connectivity index (χ3n) is 4.11. The van der Waals surface area contributed by atoms with Gasteiger partial charge >= 0.3 is 0 Å². The second kappa shape index (κ2) is 7.95. The largest absolute Gasteiger partial charge is 0.409 e. The Hall–Kier alpha value is -1.66. The molecule has 0 aliphatic heterocycles. The monoisotopic (exact) mass is 297 g/mol. The number of aliphatic hydroxyl groups excluding tert-OH is 1. The van der Waals surface area contributed by atoms with Crippen LogP contribution in [0, 0.1) is 11.2 Å². The van der Waals surface area contributed by atoms with Crippen LogP contribution in [0.4, 0.5) is 4.39 Å². The van der Waals surface area contributed by atoms with E-state index < -0.39 is 5.82 Å². The average Bonchev–Trinajstić information content (AvgIpc) is 2.52. The van der Waals surface area contributed by atoms with Crippen LogP contribution in [-0.4, -0.2) is 29.3 Å². The molecule has 0 bridgehead atoms. The lowest BCUT2D eigenvalue weighted by molar-refractivity contribution is 0.113. The first-order valence-corrected chi connectivity index (χ1v) is 7.09. The SMILES string of the molecule is CCC(CC)(CO)CNCc1ccc(F)cc1/C(N)=N/O. The summed E-state index contributed by atoms with van der Waals surface area (Å²) < 4.78 is 13.3. The molecule has 0 heterocycles. The Bertz CT molecular complexity index is 480. The van der Waals surface area contributed by atoms with Crippen LogP contribution in [0.3, 0.4) is 0 Å². The number of hydrogen-bond donors (Lipinski definition) is 4. The van der Waals surface area contributed by atoms with Crippen LogP contribution in [0.5, 0.6) is 0 Å². The zero-order chi connectivity index (χ0) is 15.9. The lowest BCUT2D eigenvalue weighted by Crippen LogP contribution is -2.36. The molecular weight excluding hydrogens is 273 g/mol. The first kappa shape index (κ1) is 17.4. The minimum absolute atomic E-state index is 0.115. The topological polar surface area (TPSA) is 90.9 Å². The fourth-order valence-corrected chi connectivity index (χ4v) is 2.24. The fraction of sp³-hybridized carbons (Fsp3) is 0.533. The predicted octanol–water partition coefficient (Wildman–Crippen LogP) is 1.81. The molecule has 1 aromatic carbocycles. The molecule has 0 spiro atoms. The van der Waals surface area contributed by atoms with Gasteiger partial charge in [-0.15, -0.1) is 0 Å². The molecule has 0 aliphatic carbocycles. The van der Waals surface area contributed by atoms with E-state index in [0.29, 0.717) is 18.7 Å². The molecule has 0 saturated heterocycles. The van der Waals surface area contributed by atoms with E-state index in [2.05, 4.69) is 10.5 Å². The minimum Gasteiger partial charge on any atom is -0.409 e. The van der Waals surface area contributed by atoms with Gasteiger partial charge in [0, 0.05) is 30.7 Å². The van der Waals surface area contributed by atoms with Crippen LogP contribution in [0.15, 0.2) is 23.4 Å². The zero-order valence-corrected chi connectivity index (χ0v) is 12.6. The molecule has 0 aliphatic rings. The molecule has 0 amide bonds. The van der Waals surface area contributed by atoms with Gasteiger partial charge < -0.3 is 21.4 Å². The Morgan fingerprint density at radius 2 is 2.05 bits per heavy atom. The Morgan fingerprint density at radius 1 is 1.38 bits per heavy atom. The normalized spacial score (nSPS) is 12.7. The van der Waals surface area contributed by atoms with Crippen molar-refractivity contribution in [2.45, 2.75) is 33.2 Å². The molecule has 0 unspecified atom stereocenters. The number of rotatable bonds is 8. The molecule has 0 atom stereocenters. The third-order valence-corrected chi connectivity index (χ3v) is 4.11. The average molecular weight is 297 g/mol. The van der Waals surface area contributed by atoms with E-state index >= 15 is 0 Å². The van der Waals surface area contributed by atoms with E-state index in [1.165, 1.54) is 12.1 Å². The summed E-state index contributed by atoms with van der Waals surface area (Å²) in [6, 6.07) is 4.18. The Kier molecular flexibility index (Phi) is 6.58. The molecule has 0 saturated carbocycles. The Morgan fingerprint density at radius 3 is 2.57 bits per heavy atom. The minimum atomic E-state index is -0.438. The number of halogens is 1.